The van der Waals surface area contributed by atoms with E-state index in [1.54, 1.807) is 0 Å². The third-order valence-electron chi connectivity index (χ3n) is 6.27. The number of imidazole rings is 1. The number of halogens is 6. The summed E-state index contributed by atoms with van der Waals surface area (Å²) in [6.07, 6.45) is -6.37. The summed E-state index contributed by atoms with van der Waals surface area (Å²) in [4.78, 5) is 38.1. The van der Waals surface area contributed by atoms with E-state index in [4.69, 9.17) is 24.8 Å². The summed E-state index contributed by atoms with van der Waals surface area (Å²) in [7, 11) is 0. The number of fused-ring (bicyclic) bond motifs is 2. The normalized spacial score (nSPS) is 16.0. The number of carbonyl (C=O) groups excluding carboxylic acids is 1. The van der Waals surface area contributed by atoms with Crippen molar-refractivity contribution in [3.63, 3.8) is 0 Å². The largest absolute Gasteiger partial charge is 0.490 e. The number of amides is 1. The van der Waals surface area contributed by atoms with Gasteiger partial charge >= 0.3 is 24.3 Å². The number of aromatic nitrogens is 2. The minimum absolute atomic E-state index is 0.127. The van der Waals surface area contributed by atoms with Crippen LogP contribution in [0.1, 0.15) is 28.3 Å². The van der Waals surface area contributed by atoms with Crippen molar-refractivity contribution in [1.29, 1.82) is 0 Å². The average molecular weight is 607 g/mol. The highest BCUT2D eigenvalue weighted by Crippen LogP contribution is 2.37. The third kappa shape index (κ3) is 7.85. The van der Waals surface area contributed by atoms with Gasteiger partial charge in [0.05, 0.1) is 22.3 Å². The highest BCUT2D eigenvalue weighted by atomic mass is 32.1. The maximum Gasteiger partial charge on any atom is 0.490 e. The molecule has 1 spiro atoms. The number of benzene rings is 1. The molecule has 1 aromatic carbocycles. The van der Waals surface area contributed by atoms with E-state index in [0.29, 0.717) is 0 Å². The van der Waals surface area contributed by atoms with Crippen molar-refractivity contribution in [2.75, 3.05) is 19.6 Å². The summed E-state index contributed by atoms with van der Waals surface area (Å²) in [5, 5.41) is 19.9. The van der Waals surface area contributed by atoms with Gasteiger partial charge in [-0.25, -0.2) is 14.6 Å². The van der Waals surface area contributed by atoms with Crippen LogP contribution in [0.2, 0.25) is 0 Å². The summed E-state index contributed by atoms with van der Waals surface area (Å²) < 4.78 is 65.8. The van der Waals surface area contributed by atoms with Crippen LogP contribution in [0.4, 0.5) is 26.3 Å². The average Bonchev–Trinajstić information content (AvgIpc) is 3.61. The summed E-state index contributed by atoms with van der Waals surface area (Å²) in [5.41, 5.74) is 2.26. The van der Waals surface area contributed by atoms with E-state index in [2.05, 4.69) is 34.1 Å². The number of hydrogen-bond acceptors (Lipinski definition) is 6. The number of carboxylic acid groups (broad SMARTS) is 2. The first-order chi connectivity index (χ1) is 19.2. The summed E-state index contributed by atoms with van der Waals surface area (Å²) in [6.45, 7) is 3.38. The Balaban J connectivity index is 0.000000276. The lowest BCUT2D eigenvalue weighted by molar-refractivity contribution is -0.193. The molecular weight excluding hydrogens is 582 g/mol. The molecule has 0 saturated carbocycles. The number of nitrogens with one attached hydrogen (secondary N) is 1. The van der Waals surface area contributed by atoms with E-state index in [-0.39, 0.29) is 11.4 Å². The van der Waals surface area contributed by atoms with Gasteiger partial charge in [0.1, 0.15) is 5.82 Å². The van der Waals surface area contributed by atoms with Crippen LogP contribution in [0.15, 0.2) is 54.0 Å². The zero-order chi connectivity index (χ0) is 30.4. The molecule has 5 rings (SSSR count). The number of piperidine rings is 1. The quantitative estimate of drug-likeness (QED) is 0.364. The maximum atomic E-state index is 12.7. The van der Waals surface area contributed by atoms with Crippen molar-refractivity contribution in [3.8, 4) is 11.3 Å². The lowest BCUT2D eigenvalue weighted by Crippen LogP contribution is -2.56. The number of aliphatic carboxylic acids is 2. The van der Waals surface area contributed by atoms with E-state index in [1.807, 2.05) is 34.7 Å². The summed E-state index contributed by atoms with van der Waals surface area (Å²) in [6, 6.07) is 14.3. The second-order valence-corrected chi connectivity index (χ2v) is 9.82. The van der Waals surface area contributed by atoms with Crippen molar-refractivity contribution >= 4 is 29.2 Å². The van der Waals surface area contributed by atoms with Crippen LogP contribution in [-0.4, -0.2) is 74.5 Å². The molecule has 9 nitrogen and oxygen atoms in total. The minimum atomic E-state index is -5.08. The number of carbonyl (C=O) groups is 3. The lowest BCUT2D eigenvalue weighted by atomic mass is 9.85. The predicted octanol–water partition coefficient (Wildman–Crippen LogP) is 4.61. The van der Waals surface area contributed by atoms with Gasteiger partial charge in [-0.3, -0.25) is 4.79 Å². The number of alkyl halides is 6. The molecule has 0 radical (unpaired) electrons. The van der Waals surface area contributed by atoms with Crippen molar-refractivity contribution in [3.05, 3.63) is 64.7 Å². The molecule has 0 atom stereocenters. The van der Waals surface area contributed by atoms with Gasteiger partial charge in [0.25, 0.3) is 5.91 Å². The van der Waals surface area contributed by atoms with Gasteiger partial charge in [-0.05, 0) is 29.9 Å². The summed E-state index contributed by atoms with van der Waals surface area (Å²) in [5.74, 6) is -4.24. The van der Waals surface area contributed by atoms with Crippen molar-refractivity contribution in [2.24, 2.45) is 0 Å². The molecule has 2 aromatic heterocycles. The molecule has 1 fully saturated rings. The van der Waals surface area contributed by atoms with Crippen LogP contribution in [0.5, 0.6) is 0 Å². The first-order valence-corrected chi connectivity index (χ1v) is 12.8. The Morgan fingerprint density at radius 1 is 0.878 bits per heavy atom. The van der Waals surface area contributed by atoms with Crippen molar-refractivity contribution in [1.82, 2.24) is 19.8 Å². The molecule has 16 heteroatoms. The maximum absolute atomic E-state index is 12.7. The monoisotopic (exact) mass is 606 g/mol. The molecular formula is C25H24F6N4O5S. The zero-order valence-corrected chi connectivity index (χ0v) is 21.9. The number of likely N-dealkylation sites (tertiary alicyclic amines) is 1. The van der Waals surface area contributed by atoms with Gasteiger partial charge < -0.3 is 25.0 Å². The van der Waals surface area contributed by atoms with Gasteiger partial charge in [0, 0.05) is 26.2 Å². The van der Waals surface area contributed by atoms with Crippen LogP contribution in [0, 0.1) is 0 Å². The number of nitrogens with zero attached hydrogens (tertiary/aromatic N) is 3. The number of carboxylic acids is 2. The number of hydrogen-bond donors (Lipinski definition) is 3. The first-order valence-electron chi connectivity index (χ1n) is 11.9. The van der Waals surface area contributed by atoms with E-state index in [0.717, 1.165) is 49.7 Å². The first kappa shape index (κ1) is 31.6. The molecule has 1 saturated heterocycles. The van der Waals surface area contributed by atoms with Gasteiger partial charge in [0.2, 0.25) is 0 Å². The fourth-order valence-corrected chi connectivity index (χ4v) is 5.05. The number of rotatable bonds is 2. The fraction of sp³-hybridized carbons (Fsp3) is 0.360. The standard InChI is InChI=1S/C21H22N4OS.2C2HF3O2/c26-19(18-7-4-14-27-18)24-11-8-21(9-12-24)20-22-15-17(25(20)13-10-23-21)16-5-2-1-3-6-16;2*3-2(4,5)1(6)7/h1-7,14-15,23H,8-13H2;2*(H,6,7). The molecule has 0 bridgehead atoms. The second-order valence-electron chi connectivity index (χ2n) is 8.87. The number of thiophene rings is 1. The van der Waals surface area contributed by atoms with Crippen LogP contribution in [-0.2, 0) is 21.7 Å². The van der Waals surface area contributed by atoms with Crippen LogP contribution in [0.3, 0.4) is 0 Å². The van der Waals surface area contributed by atoms with Gasteiger partial charge in [-0.15, -0.1) is 11.3 Å². The van der Waals surface area contributed by atoms with E-state index in [1.165, 1.54) is 22.6 Å². The second kappa shape index (κ2) is 12.7. The molecule has 4 heterocycles. The van der Waals surface area contributed by atoms with Crippen LogP contribution in [0.25, 0.3) is 11.3 Å². The Hall–Kier alpha value is -3.92. The topological polar surface area (TPSA) is 125 Å². The SMILES string of the molecule is O=C(O)C(F)(F)F.O=C(O)C(F)(F)F.O=C(c1cccs1)N1CCC2(CC1)NCCn1c(-c3ccccc3)cnc12. The smallest absolute Gasteiger partial charge is 0.475 e. The third-order valence-corrected chi connectivity index (χ3v) is 7.13. The molecule has 0 aliphatic carbocycles. The Morgan fingerprint density at radius 2 is 1.44 bits per heavy atom. The van der Waals surface area contributed by atoms with Crippen LogP contribution >= 0.6 is 11.3 Å². The Labute approximate surface area is 233 Å². The summed E-state index contributed by atoms with van der Waals surface area (Å²) >= 11 is 1.52. The van der Waals surface area contributed by atoms with E-state index < -0.39 is 24.3 Å². The minimum Gasteiger partial charge on any atom is -0.475 e. The highest BCUT2D eigenvalue weighted by Gasteiger charge is 2.43. The van der Waals surface area contributed by atoms with Gasteiger partial charge in [-0.1, -0.05) is 36.4 Å². The lowest BCUT2D eigenvalue weighted by Gasteiger charge is -2.44. The molecule has 1 amide bonds. The highest BCUT2D eigenvalue weighted by molar-refractivity contribution is 7.12. The van der Waals surface area contributed by atoms with Crippen molar-refractivity contribution < 1.29 is 50.9 Å². The van der Waals surface area contributed by atoms with E-state index in [9.17, 15) is 31.1 Å². The van der Waals surface area contributed by atoms with E-state index >= 15 is 0 Å². The Bertz CT molecular complexity index is 1310. The molecule has 2 aliphatic heterocycles. The zero-order valence-electron chi connectivity index (χ0n) is 21.1. The Morgan fingerprint density at radius 3 is 1.93 bits per heavy atom. The van der Waals surface area contributed by atoms with Gasteiger partial charge in [0.15, 0.2) is 0 Å². The van der Waals surface area contributed by atoms with Crippen molar-refractivity contribution in [2.45, 2.75) is 37.3 Å². The fourth-order valence-electron chi connectivity index (χ4n) is 4.36. The Kier molecular flexibility index (Phi) is 9.81. The molecule has 2 aliphatic rings. The molecule has 3 aromatic rings. The molecule has 41 heavy (non-hydrogen) atoms. The molecule has 222 valence electrons. The molecule has 0 unspecified atom stereocenters. The molecule has 3 N–H and O–H groups in total. The van der Waals surface area contributed by atoms with Gasteiger partial charge in [-0.2, -0.15) is 26.3 Å². The predicted molar refractivity (Wildman–Crippen MR) is 134 cm³/mol. The van der Waals surface area contributed by atoms with Crippen LogP contribution < -0.4 is 5.32 Å².